The van der Waals surface area contributed by atoms with Gasteiger partial charge in [0.1, 0.15) is 0 Å². The Kier molecular flexibility index (Phi) is 3.90. The highest BCUT2D eigenvalue weighted by Gasteiger charge is 2.16. The van der Waals surface area contributed by atoms with Crippen LogP contribution in [0.4, 0.5) is 0 Å². The topological polar surface area (TPSA) is 26.3 Å². The molecule has 0 fully saturated rings. The van der Waals surface area contributed by atoms with Gasteiger partial charge in [-0.2, -0.15) is 0 Å². The summed E-state index contributed by atoms with van der Waals surface area (Å²) in [6.45, 7) is 0. The second kappa shape index (κ2) is 5.42. The molecule has 0 spiro atoms. The summed E-state index contributed by atoms with van der Waals surface area (Å²) in [6, 6.07) is 13.1. The molecule has 2 nitrogen and oxygen atoms in total. The van der Waals surface area contributed by atoms with Crippen molar-refractivity contribution in [2.24, 2.45) is 0 Å². The zero-order valence-electron chi connectivity index (χ0n) is 9.61. The number of carbonyl (C=O) groups is 1. The van der Waals surface area contributed by atoms with E-state index >= 15 is 0 Å². The molecular formula is C14H10Cl2O2. The molecule has 18 heavy (non-hydrogen) atoms. The second-order valence-corrected chi connectivity index (χ2v) is 4.49. The summed E-state index contributed by atoms with van der Waals surface area (Å²) in [4.78, 5) is 11.5. The number of ether oxygens (including phenoxy) is 1. The van der Waals surface area contributed by atoms with Gasteiger partial charge in [-0.05, 0) is 23.3 Å². The van der Waals surface area contributed by atoms with Crippen LogP contribution in [-0.2, 0) is 4.74 Å². The van der Waals surface area contributed by atoms with E-state index in [-0.39, 0.29) is 15.6 Å². The Morgan fingerprint density at radius 2 is 1.56 bits per heavy atom. The molecule has 0 N–H and O–H groups in total. The molecule has 2 rings (SSSR count). The number of methoxy groups -OCH3 is 1. The number of halogens is 2. The first-order valence-electron chi connectivity index (χ1n) is 5.26. The molecule has 0 heterocycles. The number of carbonyl (C=O) groups excluding carboxylic acids is 1. The molecule has 0 saturated carbocycles. The van der Waals surface area contributed by atoms with Gasteiger partial charge in [-0.1, -0.05) is 53.5 Å². The lowest BCUT2D eigenvalue weighted by molar-refractivity contribution is 0.0601. The lowest BCUT2D eigenvalue weighted by atomic mass is 10.0. The largest absolute Gasteiger partial charge is 0.465 e. The van der Waals surface area contributed by atoms with Crippen molar-refractivity contribution in [3.8, 4) is 11.1 Å². The maximum Gasteiger partial charge on any atom is 0.340 e. The van der Waals surface area contributed by atoms with Gasteiger partial charge >= 0.3 is 5.97 Å². The Labute approximate surface area is 115 Å². The van der Waals surface area contributed by atoms with Crippen LogP contribution >= 0.6 is 23.2 Å². The first kappa shape index (κ1) is 12.9. The minimum Gasteiger partial charge on any atom is -0.465 e. The third-order valence-electron chi connectivity index (χ3n) is 2.54. The lowest BCUT2D eigenvalue weighted by Gasteiger charge is -2.08. The van der Waals surface area contributed by atoms with Crippen molar-refractivity contribution >= 4 is 29.2 Å². The fraction of sp³-hybridized carbons (Fsp3) is 0.0714. The van der Waals surface area contributed by atoms with Gasteiger partial charge in [0.15, 0.2) is 0 Å². The third-order valence-corrected chi connectivity index (χ3v) is 3.13. The maximum absolute atomic E-state index is 11.5. The molecule has 0 amide bonds. The highest BCUT2D eigenvalue weighted by molar-refractivity contribution is 6.39. The van der Waals surface area contributed by atoms with Crippen molar-refractivity contribution in [3.63, 3.8) is 0 Å². The number of rotatable bonds is 2. The van der Waals surface area contributed by atoms with Crippen LogP contribution in [0.15, 0.2) is 42.5 Å². The molecule has 0 aliphatic carbocycles. The van der Waals surface area contributed by atoms with E-state index in [2.05, 4.69) is 4.74 Å². The summed E-state index contributed by atoms with van der Waals surface area (Å²) in [5.74, 6) is -0.537. The van der Waals surface area contributed by atoms with Gasteiger partial charge in [-0.15, -0.1) is 0 Å². The van der Waals surface area contributed by atoms with Crippen LogP contribution in [0.3, 0.4) is 0 Å². The van der Waals surface area contributed by atoms with Gasteiger partial charge in [-0.25, -0.2) is 4.79 Å². The molecule has 0 bridgehead atoms. The molecular weight excluding hydrogens is 271 g/mol. The lowest BCUT2D eigenvalue weighted by Crippen LogP contribution is -2.03. The SMILES string of the molecule is COC(=O)c1c(Cl)cc(-c2ccccc2)cc1Cl. The first-order chi connectivity index (χ1) is 8.63. The molecule has 0 aromatic heterocycles. The summed E-state index contributed by atoms with van der Waals surface area (Å²) < 4.78 is 4.64. The standard InChI is InChI=1S/C14H10Cl2O2/c1-18-14(17)13-11(15)7-10(8-12(13)16)9-5-3-2-4-6-9/h2-8H,1H3. The number of hydrogen-bond donors (Lipinski definition) is 0. The average Bonchev–Trinajstić information content (AvgIpc) is 2.38. The molecule has 0 radical (unpaired) electrons. The Morgan fingerprint density at radius 3 is 2.06 bits per heavy atom. The van der Waals surface area contributed by atoms with E-state index in [4.69, 9.17) is 23.2 Å². The van der Waals surface area contributed by atoms with Crippen molar-refractivity contribution < 1.29 is 9.53 Å². The van der Waals surface area contributed by atoms with Gasteiger partial charge in [0.2, 0.25) is 0 Å². The van der Waals surface area contributed by atoms with Crippen LogP contribution in [0.1, 0.15) is 10.4 Å². The van der Waals surface area contributed by atoms with E-state index in [9.17, 15) is 4.79 Å². The fourth-order valence-electron chi connectivity index (χ4n) is 1.67. The minimum absolute atomic E-state index is 0.195. The zero-order chi connectivity index (χ0) is 13.1. The predicted molar refractivity (Wildman–Crippen MR) is 73.2 cm³/mol. The summed E-state index contributed by atoms with van der Waals surface area (Å²) in [5, 5.41) is 0.571. The quantitative estimate of drug-likeness (QED) is 0.760. The summed E-state index contributed by atoms with van der Waals surface area (Å²) >= 11 is 12.1. The van der Waals surface area contributed by atoms with Gasteiger partial charge in [0.05, 0.1) is 22.7 Å². The van der Waals surface area contributed by atoms with Crippen molar-refractivity contribution in [2.75, 3.05) is 7.11 Å². The Hall–Kier alpha value is -1.51. The molecule has 0 aliphatic heterocycles. The first-order valence-corrected chi connectivity index (χ1v) is 6.02. The fourth-order valence-corrected chi connectivity index (χ4v) is 2.31. The average molecular weight is 281 g/mol. The van der Waals surface area contributed by atoms with Gasteiger partial charge in [-0.3, -0.25) is 0 Å². The molecule has 0 saturated heterocycles. The highest BCUT2D eigenvalue weighted by atomic mass is 35.5. The maximum atomic E-state index is 11.5. The Morgan fingerprint density at radius 1 is 1.00 bits per heavy atom. The second-order valence-electron chi connectivity index (χ2n) is 3.67. The van der Waals surface area contributed by atoms with E-state index in [1.807, 2.05) is 30.3 Å². The molecule has 0 unspecified atom stereocenters. The molecule has 0 aliphatic rings. The minimum atomic E-state index is -0.537. The zero-order valence-corrected chi connectivity index (χ0v) is 11.1. The summed E-state index contributed by atoms with van der Waals surface area (Å²) in [7, 11) is 1.29. The number of hydrogen-bond acceptors (Lipinski definition) is 2. The van der Waals surface area contributed by atoms with Gasteiger partial charge < -0.3 is 4.74 Å². The predicted octanol–water partition coefficient (Wildman–Crippen LogP) is 4.45. The monoisotopic (exact) mass is 280 g/mol. The van der Waals surface area contributed by atoms with Gasteiger partial charge in [0.25, 0.3) is 0 Å². The van der Waals surface area contributed by atoms with E-state index < -0.39 is 5.97 Å². The number of benzene rings is 2. The van der Waals surface area contributed by atoms with Crippen molar-refractivity contribution in [1.29, 1.82) is 0 Å². The Balaban J connectivity index is 2.53. The molecule has 2 aromatic carbocycles. The van der Waals surface area contributed by atoms with Crippen molar-refractivity contribution in [1.82, 2.24) is 0 Å². The summed E-state index contributed by atoms with van der Waals surface area (Å²) in [5.41, 5.74) is 2.04. The molecule has 0 atom stereocenters. The molecule has 4 heteroatoms. The Bertz CT molecular complexity index is 557. The molecule has 92 valence electrons. The normalized spacial score (nSPS) is 10.2. The van der Waals surface area contributed by atoms with E-state index in [0.29, 0.717) is 0 Å². The van der Waals surface area contributed by atoms with Crippen LogP contribution in [0.2, 0.25) is 10.0 Å². The van der Waals surface area contributed by atoms with Gasteiger partial charge in [0, 0.05) is 0 Å². The van der Waals surface area contributed by atoms with Crippen LogP contribution in [0.5, 0.6) is 0 Å². The van der Waals surface area contributed by atoms with E-state index in [1.54, 1.807) is 12.1 Å². The number of esters is 1. The van der Waals surface area contributed by atoms with E-state index in [1.165, 1.54) is 7.11 Å². The highest BCUT2D eigenvalue weighted by Crippen LogP contribution is 2.32. The van der Waals surface area contributed by atoms with Crippen LogP contribution in [0, 0.1) is 0 Å². The summed E-state index contributed by atoms with van der Waals surface area (Å²) in [6.07, 6.45) is 0. The van der Waals surface area contributed by atoms with E-state index in [0.717, 1.165) is 11.1 Å². The molecule has 2 aromatic rings. The van der Waals surface area contributed by atoms with Crippen molar-refractivity contribution in [3.05, 3.63) is 58.1 Å². The van der Waals surface area contributed by atoms with Crippen LogP contribution < -0.4 is 0 Å². The van der Waals surface area contributed by atoms with Crippen LogP contribution in [0.25, 0.3) is 11.1 Å². The van der Waals surface area contributed by atoms with Crippen LogP contribution in [-0.4, -0.2) is 13.1 Å². The van der Waals surface area contributed by atoms with Crippen molar-refractivity contribution in [2.45, 2.75) is 0 Å². The third kappa shape index (κ3) is 2.50. The smallest absolute Gasteiger partial charge is 0.340 e.